The number of hydrogen-bond acceptors (Lipinski definition) is 7. The fourth-order valence-corrected chi connectivity index (χ4v) is 6.35. The van der Waals surface area contributed by atoms with Gasteiger partial charge in [0, 0.05) is 50.7 Å². The Morgan fingerprint density at radius 3 is 2.87 bits per heavy atom. The third-order valence-corrected chi connectivity index (χ3v) is 8.85. The molecule has 204 valence electrons. The first kappa shape index (κ1) is 26.8. The number of nitrogens with zero attached hydrogens (tertiary/aromatic N) is 5. The first-order chi connectivity index (χ1) is 18.7. The molecule has 0 radical (unpaired) electrons. The number of nitrogens with one attached hydrogen (secondary N) is 2. The van der Waals surface area contributed by atoms with E-state index in [1.807, 2.05) is 24.3 Å². The molecule has 2 aromatic carbocycles. The summed E-state index contributed by atoms with van der Waals surface area (Å²) in [6, 6.07) is 10.3. The van der Waals surface area contributed by atoms with Crippen molar-refractivity contribution >= 4 is 21.1 Å². The van der Waals surface area contributed by atoms with Gasteiger partial charge in [0.2, 0.25) is 0 Å². The fraction of sp³-hybridized carbons (Fsp3) is 0.346. The molecule has 0 atom stereocenters. The second-order valence-electron chi connectivity index (χ2n) is 9.35. The number of fused-ring (bicyclic) bond motifs is 2. The molecule has 0 saturated carbocycles. The third-order valence-electron chi connectivity index (χ3n) is 6.86. The van der Waals surface area contributed by atoms with Crippen molar-refractivity contribution < 1.29 is 22.7 Å². The number of nitriles is 1. The van der Waals surface area contributed by atoms with Gasteiger partial charge in [0.25, 0.3) is 10.2 Å². The van der Waals surface area contributed by atoms with Gasteiger partial charge in [-0.2, -0.15) is 27.4 Å². The molecule has 3 heterocycles. The van der Waals surface area contributed by atoms with Crippen LogP contribution in [0.15, 0.2) is 30.3 Å². The highest BCUT2D eigenvalue weighted by atomic mass is 32.2. The number of ether oxygens (including phenoxy) is 1. The molecule has 2 aromatic heterocycles. The van der Waals surface area contributed by atoms with E-state index < -0.39 is 16.0 Å². The Balaban J connectivity index is 1.41. The van der Waals surface area contributed by atoms with E-state index in [-0.39, 0.29) is 45.0 Å². The molecule has 0 fully saturated rings. The quantitative estimate of drug-likeness (QED) is 0.288. The van der Waals surface area contributed by atoms with Crippen molar-refractivity contribution in [2.24, 2.45) is 0 Å². The topological polar surface area (TPSA) is 151 Å². The molecule has 39 heavy (non-hydrogen) atoms. The molecule has 13 heteroatoms. The number of aromatic hydroxyl groups is 1. The molecule has 0 saturated heterocycles. The highest BCUT2D eigenvalue weighted by Gasteiger charge is 2.33. The zero-order valence-electron chi connectivity index (χ0n) is 21.5. The molecule has 0 unspecified atom stereocenters. The SMILES string of the molecule is COCCN(CCC#N)S(=O)(=O)N1CCc2[nH]c(-c3n[nH]c4cc(-c5cc(F)c(O)cc5C)ccc34)nc2C1. The number of rotatable bonds is 9. The summed E-state index contributed by atoms with van der Waals surface area (Å²) in [6.07, 6.45) is 0.542. The standard InChI is InChI=1S/C26H28FN7O4S/c1-16-12-24(35)20(27)14-19(16)17-4-5-18-22(13-17)31-32-25(18)26-29-21-6-9-34(15-23(21)30-26)39(36,37)33(8-3-7-28)10-11-38-2/h4-5,12-14,35H,3,6,8-11,15H2,1-2H3,(H,29,30)(H,31,32). The zero-order valence-corrected chi connectivity index (χ0v) is 22.3. The number of phenolic OH excluding ortho intramolecular Hbond substituents is 1. The smallest absolute Gasteiger partial charge is 0.282 e. The lowest BCUT2D eigenvalue weighted by Gasteiger charge is -2.31. The van der Waals surface area contributed by atoms with Crippen molar-refractivity contribution in [3.63, 3.8) is 0 Å². The number of hydrogen-bond donors (Lipinski definition) is 3. The van der Waals surface area contributed by atoms with Crippen LogP contribution in [-0.2, 0) is 27.9 Å². The van der Waals surface area contributed by atoms with Crippen LogP contribution in [0.1, 0.15) is 23.4 Å². The molecule has 0 amide bonds. The number of H-pyrrole nitrogens is 2. The van der Waals surface area contributed by atoms with Gasteiger partial charge in [-0.05, 0) is 47.9 Å². The Morgan fingerprint density at radius 1 is 1.28 bits per heavy atom. The summed E-state index contributed by atoms with van der Waals surface area (Å²) in [5.74, 6) is -0.560. The van der Waals surface area contributed by atoms with E-state index in [0.717, 1.165) is 27.7 Å². The van der Waals surface area contributed by atoms with E-state index in [1.165, 1.54) is 27.9 Å². The lowest BCUT2D eigenvalue weighted by atomic mass is 9.98. The van der Waals surface area contributed by atoms with Crippen LogP contribution in [0, 0.1) is 24.1 Å². The van der Waals surface area contributed by atoms with Crippen molar-refractivity contribution in [2.45, 2.75) is 26.3 Å². The summed E-state index contributed by atoms with van der Waals surface area (Å²) in [5, 5.41) is 26.8. The van der Waals surface area contributed by atoms with Crippen LogP contribution in [0.5, 0.6) is 5.75 Å². The van der Waals surface area contributed by atoms with Crippen molar-refractivity contribution in [3.8, 4) is 34.5 Å². The Labute approximate surface area is 225 Å². The number of imidazole rings is 1. The number of aromatic nitrogens is 4. The monoisotopic (exact) mass is 553 g/mol. The minimum absolute atomic E-state index is 0.0871. The largest absolute Gasteiger partial charge is 0.505 e. The Hall–Kier alpha value is -3.83. The van der Waals surface area contributed by atoms with Crippen LogP contribution in [0.3, 0.4) is 0 Å². The lowest BCUT2D eigenvalue weighted by molar-refractivity contribution is 0.175. The van der Waals surface area contributed by atoms with E-state index in [1.54, 1.807) is 6.92 Å². The zero-order chi connectivity index (χ0) is 27.7. The van der Waals surface area contributed by atoms with Gasteiger partial charge in [0.05, 0.1) is 30.4 Å². The number of phenols is 1. The summed E-state index contributed by atoms with van der Waals surface area (Å²) < 4.78 is 48.4. The second kappa shape index (κ2) is 10.7. The number of benzene rings is 2. The van der Waals surface area contributed by atoms with Crippen molar-refractivity contribution in [3.05, 3.63) is 53.1 Å². The Kier molecular flexibility index (Phi) is 7.37. The summed E-state index contributed by atoms with van der Waals surface area (Å²) in [6.45, 7) is 2.66. The molecule has 5 rings (SSSR count). The van der Waals surface area contributed by atoms with E-state index in [2.05, 4.69) is 20.2 Å². The van der Waals surface area contributed by atoms with Gasteiger partial charge < -0.3 is 14.8 Å². The maximum absolute atomic E-state index is 14.0. The third kappa shape index (κ3) is 5.11. The highest BCUT2D eigenvalue weighted by molar-refractivity contribution is 7.86. The maximum atomic E-state index is 14.0. The molecular formula is C26H28FN7O4S. The number of aryl methyl sites for hydroxylation is 1. The molecule has 1 aliphatic rings. The predicted molar refractivity (Wildman–Crippen MR) is 142 cm³/mol. The molecule has 0 aliphatic carbocycles. The highest BCUT2D eigenvalue weighted by Crippen LogP contribution is 2.33. The van der Waals surface area contributed by atoms with Crippen LogP contribution in [0.25, 0.3) is 33.5 Å². The van der Waals surface area contributed by atoms with E-state index >= 15 is 0 Å². The van der Waals surface area contributed by atoms with Gasteiger partial charge in [-0.25, -0.2) is 9.37 Å². The van der Waals surface area contributed by atoms with Gasteiger partial charge in [-0.15, -0.1) is 0 Å². The van der Waals surface area contributed by atoms with Gasteiger partial charge >= 0.3 is 0 Å². The molecule has 3 N–H and O–H groups in total. The lowest BCUT2D eigenvalue weighted by Crippen LogP contribution is -2.47. The first-order valence-electron chi connectivity index (χ1n) is 12.4. The number of methoxy groups -OCH3 is 1. The fourth-order valence-electron chi connectivity index (χ4n) is 4.79. The van der Waals surface area contributed by atoms with Crippen LogP contribution < -0.4 is 0 Å². The summed E-state index contributed by atoms with van der Waals surface area (Å²) >= 11 is 0. The predicted octanol–water partition coefficient (Wildman–Crippen LogP) is 3.24. The normalized spacial score (nSPS) is 14.1. The molecular weight excluding hydrogens is 525 g/mol. The van der Waals surface area contributed by atoms with Gasteiger partial charge in [0.15, 0.2) is 17.4 Å². The number of aromatic amines is 2. The van der Waals surface area contributed by atoms with Crippen molar-refractivity contribution in [1.82, 2.24) is 28.8 Å². The molecule has 0 spiro atoms. The van der Waals surface area contributed by atoms with E-state index in [9.17, 15) is 17.9 Å². The van der Waals surface area contributed by atoms with E-state index in [0.29, 0.717) is 29.2 Å². The van der Waals surface area contributed by atoms with Crippen LogP contribution in [-0.4, -0.2) is 75.7 Å². The minimum atomic E-state index is -3.81. The second-order valence-corrected chi connectivity index (χ2v) is 11.3. The molecule has 1 aliphatic heterocycles. The van der Waals surface area contributed by atoms with E-state index in [4.69, 9.17) is 10.00 Å². The first-order valence-corrected chi connectivity index (χ1v) is 13.8. The maximum Gasteiger partial charge on any atom is 0.282 e. The van der Waals surface area contributed by atoms with Gasteiger partial charge in [0.1, 0.15) is 5.69 Å². The average Bonchev–Trinajstić information content (AvgIpc) is 3.53. The summed E-state index contributed by atoms with van der Waals surface area (Å²) in [5.41, 5.74) is 4.94. The molecule has 4 aromatic rings. The molecule has 11 nitrogen and oxygen atoms in total. The van der Waals surface area contributed by atoms with Gasteiger partial charge in [-0.3, -0.25) is 5.10 Å². The number of halogens is 1. The van der Waals surface area contributed by atoms with Gasteiger partial charge in [-0.1, -0.05) is 6.07 Å². The molecule has 0 bridgehead atoms. The Morgan fingerprint density at radius 2 is 2.10 bits per heavy atom. The average molecular weight is 554 g/mol. The van der Waals surface area contributed by atoms with Crippen LogP contribution >= 0.6 is 0 Å². The van der Waals surface area contributed by atoms with Crippen LogP contribution in [0.2, 0.25) is 0 Å². The summed E-state index contributed by atoms with van der Waals surface area (Å²) in [7, 11) is -2.31. The minimum Gasteiger partial charge on any atom is -0.505 e. The van der Waals surface area contributed by atoms with Crippen molar-refractivity contribution in [1.29, 1.82) is 5.26 Å². The Bertz CT molecular complexity index is 1680. The summed E-state index contributed by atoms with van der Waals surface area (Å²) in [4.78, 5) is 7.99. The van der Waals surface area contributed by atoms with Crippen molar-refractivity contribution in [2.75, 3.05) is 33.4 Å². The van der Waals surface area contributed by atoms with Crippen LogP contribution in [0.4, 0.5) is 4.39 Å².